The van der Waals surface area contributed by atoms with Gasteiger partial charge in [0.1, 0.15) is 5.15 Å². The molecule has 0 aliphatic heterocycles. The molecule has 1 aromatic carbocycles. The van der Waals surface area contributed by atoms with E-state index in [-0.39, 0.29) is 16.5 Å². The number of rotatable bonds is 2. The number of fused-ring (bicyclic) bond motifs is 1. The van der Waals surface area contributed by atoms with E-state index >= 15 is 0 Å². The van der Waals surface area contributed by atoms with E-state index in [1.807, 2.05) is 0 Å². The van der Waals surface area contributed by atoms with Crippen LogP contribution in [-0.4, -0.2) is 18.4 Å². The van der Waals surface area contributed by atoms with Crippen LogP contribution in [0.2, 0.25) is 5.15 Å². The quantitative estimate of drug-likeness (QED) is 0.598. The van der Waals surface area contributed by atoms with E-state index in [4.69, 9.17) is 16.3 Å². The van der Waals surface area contributed by atoms with Gasteiger partial charge in [-0.3, -0.25) is 4.79 Å². The Kier molecular flexibility index (Phi) is 2.75. The Balaban J connectivity index is 2.76. The van der Waals surface area contributed by atoms with Crippen LogP contribution in [-0.2, 0) is 0 Å². The first kappa shape index (κ1) is 10.8. The third-order valence-corrected chi connectivity index (χ3v) is 2.50. The van der Waals surface area contributed by atoms with Gasteiger partial charge in [0, 0.05) is 11.5 Å². The van der Waals surface area contributed by atoms with Crippen molar-refractivity contribution in [2.75, 3.05) is 7.11 Å². The summed E-state index contributed by atoms with van der Waals surface area (Å²) in [5, 5.41) is 0.664. The second kappa shape index (κ2) is 4.06. The second-order valence-electron chi connectivity index (χ2n) is 3.17. The molecule has 0 atom stereocenters. The Hall–Kier alpha value is -1.68. The van der Waals surface area contributed by atoms with Gasteiger partial charge in [-0.2, -0.15) is 0 Å². The van der Waals surface area contributed by atoms with Gasteiger partial charge in [0.2, 0.25) is 0 Å². The number of ether oxygens (including phenoxy) is 1. The third-order valence-electron chi connectivity index (χ3n) is 2.20. The van der Waals surface area contributed by atoms with Gasteiger partial charge >= 0.3 is 0 Å². The minimum atomic E-state index is -0.516. The van der Waals surface area contributed by atoms with Gasteiger partial charge in [-0.15, -0.1) is 0 Å². The molecule has 82 valence electrons. The lowest BCUT2D eigenvalue weighted by Crippen LogP contribution is -1.92. The number of pyridine rings is 1. The van der Waals surface area contributed by atoms with Crippen LogP contribution in [0.5, 0.6) is 5.75 Å². The lowest BCUT2D eigenvalue weighted by atomic mass is 10.1. The molecule has 0 N–H and O–H groups in total. The Morgan fingerprint density at radius 2 is 2.19 bits per heavy atom. The highest BCUT2D eigenvalue weighted by molar-refractivity contribution is 6.32. The normalized spacial score (nSPS) is 10.4. The zero-order chi connectivity index (χ0) is 11.7. The third kappa shape index (κ3) is 1.72. The van der Waals surface area contributed by atoms with Gasteiger partial charge < -0.3 is 4.74 Å². The van der Waals surface area contributed by atoms with Crippen molar-refractivity contribution >= 4 is 28.8 Å². The molecule has 1 aromatic heterocycles. The van der Waals surface area contributed by atoms with Gasteiger partial charge in [0.25, 0.3) is 0 Å². The molecule has 0 saturated carbocycles. The number of halogens is 2. The number of nitrogens with zero attached hydrogens (tertiary/aromatic N) is 1. The van der Waals surface area contributed by atoms with Crippen molar-refractivity contribution in [2.45, 2.75) is 0 Å². The summed E-state index contributed by atoms with van der Waals surface area (Å²) in [4.78, 5) is 14.6. The van der Waals surface area contributed by atoms with Crippen molar-refractivity contribution in [3.63, 3.8) is 0 Å². The summed E-state index contributed by atoms with van der Waals surface area (Å²) in [7, 11) is 1.37. The highest BCUT2D eigenvalue weighted by Gasteiger charge is 2.09. The number of carbonyl (C=O) groups is 1. The molecule has 0 spiro atoms. The molecule has 2 rings (SSSR count). The predicted molar refractivity (Wildman–Crippen MR) is 58.7 cm³/mol. The van der Waals surface area contributed by atoms with Crippen molar-refractivity contribution < 1.29 is 13.9 Å². The zero-order valence-electron chi connectivity index (χ0n) is 8.33. The van der Waals surface area contributed by atoms with Crippen LogP contribution in [0, 0.1) is 5.82 Å². The monoisotopic (exact) mass is 239 g/mol. The first-order chi connectivity index (χ1) is 7.65. The Bertz CT molecular complexity index is 571. The van der Waals surface area contributed by atoms with E-state index in [9.17, 15) is 9.18 Å². The van der Waals surface area contributed by atoms with Gasteiger partial charge in [-0.05, 0) is 12.1 Å². The predicted octanol–water partition coefficient (Wildman–Crippen LogP) is 2.85. The Morgan fingerprint density at radius 3 is 2.81 bits per heavy atom. The fourth-order valence-electron chi connectivity index (χ4n) is 1.41. The SMILES string of the molecule is COc1cc2cc(C=O)c(Cl)nc2cc1F. The molecule has 16 heavy (non-hydrogen) atoms. The summed E-state index contributed by atoms with van der Waals surface area (Å²) in [5.74, 6) is -0.411. The Labute approximate surface area is 95.8 Å². The summed E-state index contributed by atoms with van der Waals surface area (Å²) in [6.45, 7) is 0. The van der Waals surface area contributed by atoms with Crippen LogP contribution >= 0.6 is 11.6 Å². The molecule has 0 aliphatic rings. The smallest absolute Gasteiger partial charge is 0.167 e. The number of hydrogen-bond acceptors (Lipinski definition) is 3. The first-order valence-corrected chi connectivity index (χ1v) is 4.82. The van der Waals surface area contributed by atoms with Crippen LogP contribution in [0.25, 0.3) is 10.9 Å². The maximum absolute atomic E-state index is 13.4. The summed E-state index contributed by atoms with van der Waals surface area (Å²) in [5.41, 5.74) is 0.650. The molecule has 0 unspecified atom stereocenters. The largest absolute Gasteiger partial charge is 0.494 e. The van der Waals surface area contributed by atoms with Crippen LogP contribution in [0.4, 0.5) is 4.39 Å². The van der Waals surface area contributed by atoms with E-state index in [0.717, 1.165) is 0 Å². The van der Waals surface area contributed by atoms with Crippen molar-refractivity contribution in [1.82, 2.24) is 4.98 Å². The van der Waals surface area contributed by atoms with Crippen LogP contribution in [0.15, 0.2) is 18.2 Å². The molecule has 0 amide bonds. The minimum Gasteiger partial charge on any atom is -0.494 e. The van der Waals surface area contributed by atoms with E-state index in [0.29, 0.717) is 17.2 Å². The molecule has 0 fully saturated rings. The summed E-state index contributed by atoms with van der Waals surface area (Å²) < 4.78 is 18.2. The fraction of sp³-hybridized carbons (Fsp3) is 0.0909. The average Bonchev–Trinajstić information content (AvgIpc) is 2.27. The van der Waals surface area contributed by atoms with Crippen LogP contribution < -0.4 is 4.74 Å². The number of hydrogen-bond donors (Lipinski definition) is 0. The summed E-state index contributed by atoms with van der Waals surface area (Å²) in [6, 6.07) is 4.23. The first-order valence-electron chi connectivity index (χ1n) is 4.44. The zero-order valence-corrected chi connectivity index (χ0v) is 9.08. The highest BCUT2D eigenvalue weighted by Crippen LogP contribution is 2.26. The van der Waals surface area contributed by atoms with Crippen LogP contribution in [0.1, 0.15) is 10.4 Å². The summed E-state index contributed by atoms with van der Waals surface area (Å²) >= 11 is 5.73. The maximum atomic E-state index is 13.4. The molecule has 0 bridgehead atoms. The van der Waals surface area contributed by atoms with Crippen LogP contribution in [0.3, 0.4) is 0 Å². The number of aromatic nitrogens is 1. The molecule has 0 saturated heterocycles. The second-order valence-corrected chi connectivity index (χ2v) is 3.52. The molecule has 0 radical (unpaired) electrons. The van der Waals surface area contributed by atoms with Crippen molar-refractivity contribution in [3.05, 3.63) is 34.7 Å². The van der Waals surface area contributed by atoms with Crippen molar-refractivity contribution in [2.24, 2.45) is 0 Å². The van der Waals surface area contributed by atoms with E-state index in [2.05, 4.69) is 4.98 Å². The lowest BCUT2D eigenvalue weighted by Gasteiger charge is -2.05. The number of methoxy groups -OCH3 is 1. The molecule has 5 heteroatoms. The van der Waals surface area contributed by atoms with E-state index < -0.39 is 5.82 Å². The minimum absolute atomic E-state index is 0.0621. The molecule has 1 heterocycles. The molecular weight excluding hydrogens is 233 g/mol. The molecule has 2 aromatic rings. The molecule has 0 aliphatic carbocycles. The topological polar surface area (TPSA) is 39.2 Å². The number of benzene rings is 1. The molecule has 3 nitrogen and oxygen atoms in total. The maximum Gasteiger partial charge on any atom is 0.167 e. The van der Waals surface area contributed by atoms with E-state index in [1.165, 1.54) is 19.2 Å². The Morgan fingerprint density at radius 1 is 1.44 bits per heavy atom. The number of carbonyl (C=O) groups excluding carboxylic acids is 1. The van der Waals surface area contributed by atoms with Gasteiger partial charge in [-0.1, -0.05) is 11.6 Å². The highest BCUT2D eigenvalue weighted by atomic mass is 35.5. The van der Waals surface area contributed by atoms with Gasteiger partial charge in [-0.25, -0.2) is 9.37 Å². The molecular formula is C11H7ClFNO2. The number of aldehydes is 1. The average molecular weight is 240 g/mol. The fourth-order valence-corrected chi connectivity index (χ4v) is 1.60. The van der Waals surface area contributed by atoms with E-state index in [1.54, 1.807) is 6.07 Å². The standard InChI is InChI=1S/C11H7ClFNO2/c1-16-10-3-6-2-7(5-15)11(12)14-9(6)4-8(10)13/h2-5H,1H3. The van der Waals surface area contributed by atoms with Crippen molar-refractivity contribution in [1.29, 1.82) is 0 Å². The summed E-state index contributed by atoms with van der Waals surface area (Å²) in [6.07, 6.45) is 0.602. The lowest BCUT2D eigenvalue weighted by molar-refractivity contribution is 0.112. The van der Waals surface area contributed by atoms with Gasteiger partial charge in [0.05, 0.1) is 18.2 Å². The van der Waals surface area contributed by atoms with Crippen molar-refractivity contribution in [3.8, 4) is 5.75 Å². The van der Waals surface area contributed by atoms with Gasteiger partial charge in [0.15, 0.2) is 17.9 Å².